The quantitative estimate of drug-likeness (QED) is 0.868. The predicted octanol–water partition coefficient (Wildman–Crippen LogP) is 3.53. The predicted molar refractivity (Wildman–Crippen MR) is 75.8 cm³/mol. The Morgan fingerprint density at radius 2 is 1.90 bits per heavy atom. The van der Waals surface area contributed by atoms with Crippen LogP contribution < -0.4 is 5.32 Å². The molecule has 0 aromatic heterocycles. The molecule has 3 nitrogen and oxygen atoms in total. The molecule has 1 rings (SSSR count). The van der Waals surface area contributed by atoms with Gasteiger partial charge >= 0.3 is 5.51 Å². The summed E-state index contributed by atoms with van der Waals surface area (Å²) < 4.78 is 61.0. The van der Waals surface area contributed by atoms with Gasteiger partial charge in [-0.25, -0.2) is 8.42 Å². The van der Waals surface area contributed by atoms with Crippen molar-refractivity contribution in [3.63, 3.8) is 0 Å². The number of hydrogen-bond donors (Lipinski definition) is 1. The van der Waals surface area contributed by atoms with Gasteiger partial charge in [0.2, 0.25) is 0 Å². The summed E-state index contributed by atoms with van der Waals surface area (Å²) in [5.41, 5.74) is -5.31. The molecule has 8 heteroatoms. The zero-order chi connectivity index (χ0) is 15.4. The van der Waals surface area contributed by atoms with Crippen LogP contribution in [0.4, 0.5) is 18.9 Å². The molecular formula is C12H16F3NO2S2. The van der Waals surface area contributed by atoms with Crippen LogP contribution in [0.15, 0.2) is 29.2 Å². The Bertz CT molecular complexity index is 544. The highest BCUT2D eigenvalue weighted by Gasteiger charge is 2.47. The molecule has 1 atom stereocenters. The van der Waals surface area contributed by atoms with Crippen molar-refractivity contribution < 1.29 is 21.6 Å². The largest absolute Gasteiger partial charge is 0.501 e. The standard InChI is InChI=1S/C12H16F3NO2S2/c1-3-9(8-19-2)16-10-6-4-5-7-11(10)20(17,18)12(13,14)15/h4-7,9,16H,3,8H2,1-2H3. The van der Waals surface area contributed by atoms with Gasteiger partial charge in [-0.1, -0.05) is 19.1 Å². The number of hydrogen-bond acceptors (Lipinski definition) is 4. The molecule has 0 spiro atoms. The van der Waals surface area contributed by atoms with Crippen LogP contribution in [0.5, 0.6) is 0 Å². The van der Waals surface area contributed by atoms with Crippen LogP contribution in [-0.4, -0.2) is 32.0 Å². The smallest absolute Gasteiger partial charge is 0.380 e. The maximum atomic E-state index is 12.6. The highest BCUT2D eigenvalue weighted by Crippen LogP contribution is 2.34. The first-order chi connectivity index (χ1) is 9.24. The van der Waals surface area contributed by atoms with E-state index < -0.39 is 20.2 Å². The fourth-order valence-electron chi connectivity index (χ4n) is 1.63. The van der Waals surface area contributed by atoms with E-state index in [2.05, 4.69) is 5.32 Å². The van der Waals surface area contributed by atoms with Gasteiger partial charge in [-0.05, 0) is 24.8 Å². The molecule has 1 unspecified atom stereocenters. The fraction of sp³-hybridized carbons (Fsp3) is 0.500. The van der Waals surface area contributed by atoms with Crippen LogP contribution in [0, 0.1) is 0 Å². The lowest BCUT2D eigenvalue weighted by Gasteiger charge is -2.20. The molecule has 114 valence electrons. The zero-order valence-electron chi connectivity index (χ0n) is 11.1. The first-order valence-corrected chi connectivity index (χ1v) is 8.77. The number of halogens is 3. The van der Waals surface area contributed by atoms with E-state index in [-0.39, 0.29) is 11.7 Å². The molecule has 20 heavy (non-hydrogen) atoms. The average molecular weight is 327 g/mol. The van der Waals surface area contributed by atoms with E-state index in [9.17, 15) is 21.6 Å². The summed E-state index contributed by atoms with van der Waals surface area (Å²) in [7, 11) is -5.35. The minimum absolute atomic E-state index is 0.00859. The van der Waals surface area contributed by atoms with Crippen LogP contribution in [0.25, 0.3) is 0 Å². The first-order valence-electron chi connectivity index (χ1n) is 5.90. The lowest BCUT2D eigenvalue weighted by Crippen LogP contribution is -2.27. The summed E-state index contributed by atoms with van der Waals surface area (Å²) in [4.78, 5) is -0.730. The third-order valence-corrected chi connectivity index (χ3v) is 4.98. The van der Waals surface area contributed by atoms with Gasteiger partial charge in [-0.2, -0.15) is 24.9 Å². The van der Waals surface area contributed by atoms with E-state index in [1.54, 1.807) is 0 Å². The topological polar surface area (TPSA) is 46.2 Å². The van der Waals surface area contributed by atoms with Gasteiger partial charge in [-0.15, -0.1) is 0 Å². The van der Waals surface area contributed by atoms with Gasteiger partial charge in [0.1, 0.15) is 0 Å². The molecule has 0 saturated carbocycles. The van der Waals surface area contributed by atoms with Crippen molar-refractivity contribution in [2.24, 2.45) is 0 Å². The Kier molecular flexibility index (Phi) is 5.76. The Morgan fingerprint density at radius 3 is 2.40 bits per heavy atom. The summed E-state index contributed by atoms with van der Waals surface area (Å²) in [6.45, 7) is 1.88. The lowest BCUT2D eigenvalue weighted by atomic mass is 10.2. The third kappa shape index (κ3) is 3.82. The molecule has 0 saturated heterocycles. The Morgan fingerprint density at radius 1 is 1.30 bits per heavy atom. The lowest BCUT2D eigenvalue weighted by molar-refractivity contribution is -0.0435. The number of thioether (sulfide) groups is 1. The van der Waals surface area contributed by atoms with Gasteiger partial charge in [-0.3, -0.25) is 0 Å². The van der Waals surface area contributed by atoms with Crippen molar-refractivity contribution in [3.8, 4) is 0 Å². The van der Waals surface area contributed by atoms with Crippen molar-refractivity contribution in [1.29, 1.82) is 0 Å². The second-order valence-electron chi connectivity index (χ2n) is 4.15. The van der Waals surface area contributed by atoms with Crippen LogP contribution in [0.2, 0.25) is 0 Å². The average Bonchev–Trinajstić information content (AvgIpc) is 2.37. The van der Waals surface area contributed by atoms with Gasteiger partial charge in [0.15, 0.2) is 0 Å². The monoisotopic (exact) mass is 327 g/mol. The number of para-hydroxylation sites is 1. The maximum absolute atomic E-state index is 12.6. The molecule has 1 aromatic carbocycles. The molecule has 1 aromatic rings. The van der Waals surface area contributed by atoms with Crippen LogP contribution in [0.3, 0.4) is 0 Å². The normalized spacial score (nSPS) is 14.1. The number of anilines is 1. The van der Waals surface area contributed by atoms with E-state index in [4.69, 9.17) is 0 Å². The number of alkyl halides is 3. The zero-order valence-corrected chi connectivity index (χ0v) is 12.7. The van der Waals surface area contributed by atoms with E-state index >= 15 is 0 Å². The second kappa shape index (κ2) is 6.71. The molecule has 0 heterocycles. The highest BCUT2D eigenvalue weighted by molar-refractivity contribution is 7.98. The second-order valence-corrected chi connectivity index (χ2v) is 6.97. The number of sulfone groups is 1. The number of nitrogens with one attached hydrogen (secondary N) is 1. The molecule has 0 aliphatic heterocycles. The molecular weight excluding hydrogens is 311 g/mol. The van der Waals surface area contributed by atoms with E-state index in [0.29, 0.717) is 12.2 Å². The molecule has 1 N–H and O–H groups in total. The van der Waals surface area contributed by atoms with Crippen molar-refractivity contribution in [2.45, 2.75) is 29.8 Å². The minimum Gasteiger partial charge on any atom is -0.380 e. The van der Waals surface area contributed by atoms with Gasteiger partial charge < -0.3 is 5.32 Å². The van der Waals surface area contributed by atoms with Crippen LogP contribution in [-0.2, 0) is 9.84 Å². The molecule has 0 aliphatic rings. The van der Waals surface area contributed by atoms with E-state index in [1.165, 1.54) is 30.0 Å². The van der Waals surface area contributed by atoms with Crippen molar-refractivity contribution in [3.05, 3.63) is 24.3 Å². The van der Waals surface area contributed by atoms with Gasteiger partial charge in [0, 0.05) is 11.8 Å². The molecule has 0 fully saturated rings. The molecule has 0 radical (unpaired) electrons. The van der Waals surface area contributed by atoms with Crippen molar-refractivity contribution >= 4 is 27.3 Å². The van der Waals surface area contributed by atoms with Crippen molar-refractivity contribution in [1.82, 2.24) is 0 Å². The van der Waals surface area contributed by atoms with Gasteiger partial charge in [0.25, 0.3) is 9.84 Å². The number of rotatable bonds is 6. The summed E-state index contributed by atoms with van der Waals surface area (Å²) in [6.07, 6.45) is 2.56. The minimum atomic E-state index is -5.35. The molecule has 0 amide bonds. The summed E-state index contributed by atoms with van der Waals surface area (Å²) in [5.74, 6) is 0.677. The summed E-state index contributed by atoms with van der Waals surface area (Å²) in [6, 6.07) is 5.01. The van der Waals surface area contributed by atoms with E-state index in [1.807, 2.05) is 13.2 Å². The Labute approximate surface area is 120 Å². The molecule has 0 aliphatic carbocycles. The van der Waals surface area contributed by atoms with E-state index in [0.717, 1.165) is 6.07 Å². The first kappa shape index (κ1) is 17.2. The third-order valence-electron chi connectivity index (χ3n) is 2.70. The van der Waals surface area contributed by atoms with Gasteiger partial charge in [0.05, 0.1) is 10.6 Å². The summed E-state index contributed by atoms with van der Waals surface area (Å²) in [5, 5.41) is 2.88. The maximum Gasteiger partial charge on any atom is 0.501 e. The SMILES string of the molecule is CCC(CSC)Nc1ccccc1S(=O)(=O)C(F)(F)F. The van der Waals surface area contributed by atoms with Crippen molar-refractivity contribution in [2.75, 3.05) is 17.3 Å². The fourth-order valence-corrected chi connectivity index (χ4v) is 3.27. The summed E-state index contributed by atoms with van der Waals surface area (Å²) >= 11 is 1.54. The highest BCUT2D eigenvalue weighted by atomic mass is 32.2. The number of benzene rings is 1. The Balaban J connectivity index is 3.18. The molecule has 0 bridgehead atoms. The van der Waals surface area contributed by atoms with Crippen LogP contribution in [0.1, 0.15) is 13.3 Å². The Hall–Kier alpha value is -0.890. The van der Waals surface area contributed by atoms with Crippen LogP contribution >= 0.6 is 11.8 Å².